The fourth-order valence-corrected chi connectivity index (χ4v) is 5.11. The first-order valence-corrected chi connectivity index (χ1v) is 13.5. The van der Waals surface area contributed by atoms with E-state index >= 15 is 0 Å². The second kappa shape index (κ2) is 13.7. The predicted molar refractivity (Wildman–Crippen MR) is 148 cm³/mol. The second-order valence-electron chi connectivity index (χ2n) is 9.79. The molecule has 2 aromatic carbocycles. The summed E-state index contributed by atoms with van der Waals surface area (Å²) in [6.07, 6.45) is 7.26. The van der Waals surface area contributed by atoms with Crippen LogP contribution < -0.4 is 14.2 Å². The van der Waals surface area contributed by atoms with E-state index in [0.717, 1.165) is 37.7 Å². The van der Waals surface area contributed by atoms with E-state index in [2.05, 4.69) is 0 Å². The summed E-state index contributed by atoms with van der Waals surface area (Å²) in [4.78, 5) is 31.1. The maximum Gasteiger partial charge on any atom is 0.254 e. The number of benzene rings is 2. The molecule has 8 nitrogen and oxygen atoms in total. The van der Waals surface area contributed by atoms with Crippen LogP contribution in [0.2, 0.25) is 0 Å². The highest BCUT2D eigenvalue weighted by atomic mass is 16.5. The van der Waals surface area contributed by atoms with Crippen LogP contribution in [0, 0.1) is 0 Å². The van der Waals surface area contributed by atoms with Crippen molar-refractivity contribution in [3.63, 3.8) is 0 Å². The minimum absolute atomic E-state index is 0.00729. The van der Waals surface area contributed by atoms with E-state index in [0.29, 0.717) is 48.1 Å². The highest BCUT2D eigenvalue weighted by Gasteiger charge is 2.30. The molecule has 39 heavy (non-hydrogen) atoms. The molecular formula is C31H38N2O6. The van der Waals surface area contributed by atoms with E-state index < -0.39 is 0 Å². The molecule has 1 saturated carbocycles. The zero-order valence-electron chi connectivity index (χ0n) is 23.1. The van der Waals surface area contributed by atoms with Gasteiger partial charge in [-0.3, -0.25) is 9.59 Å². The topological polar surface area (TPSA) is 81.5 Å². The molecule has 0 atom stereocenters. The predicted octanol–water partition coefficient (Wildman–Crippen LogP) is 5.35. The van der Waals surface area contributed by atoms with Gasteiger partial charge in [-0.25, -0.2) is 0 Å². The summed E-state index contributed by atoms with van der Waals surface area (Å²) in [5.41, 5.74) is 1.54. The van der Waals surface area contributed by atoms with Gasteiger partial charge in [-0.05, 0) is 67.3 Å². The third-order valence-electron chi connectivity index (χ3n) is 7.30. The van der Waals surface area contributed by atoms with Gasteiger partial charge in [0.1, 0.15) is 18.1 Å². The molecule has 1 heterocycles. The average molecular weight is 535 g/mol. The van der Waals surface area contributed by atoms with E-state index in [1.807, 2.05) is 36.4 Å². The molecule has 0 spiro atoms. The average Bonchev–Trinajstić information content (AvgIpc) is 3.51. The van der Waals surface area contributed by atoms with Crippen molar-refractivity contribution >= 4 is 11.8 Å². The number of rotatable bonds is 12. The molecule has 0 saturated heterocycles. The Morgan fingerprint density at radius 1 is 0.897 bits per heavy atom. The van der Waals surface area contributed by atoms with Crippen molar-refractivity contribution in [2.75, 3.05) is 34.4 Å². The quantitative estimate of drug-likeness (QED) is 0.312. The van der Waals surface area contributed by atoms with Gasteiger partial charge in [-0.15, -0.1) is 0 Å². The van der Waals surface area contributed by atoms with Gasteiger partial charge in [-0.1, -0.05) is 31.4 Å². The van der Waals surface area contributed by atoms with Crippen molar-refractivity contribution in [2.45, 2.75) is 51.1 Å². The molecule has 3 aromatic rings. The molecule has 1 aromatic heterocycles. The van der Waals surface area contributed by atoms with Crippen LogP contribution in [0.25, 0.3) is 0 Å². The van der Waals surface area contributed by atoms with E-state index in [9.17, 15) is 9.59 Å². The molecule has 0 bridgehead atoms. The summed E-state index contributed by atoms with van der Waals surface area (Å²) in [5, 5.41) is 0. The summed E-state index contributed by atoms with van der Waals surface area (Å²) < 4.78 is 21.7. The van der Waals surface area contributed by atoms with Gasteiger partial charge in [0, 0.05) is 18.2 Å². The molecule has 2 amide bonds. The Bertz CT molecular complexity index is 1220. The van der Waals surface area contributed by atoms with Gasteiger partial charge >= 0.3 is 0 Å². The van der Waals surface area contributed by atoms with Gasteiger partial charge in [0.15, 0.2) is 11.5 Å². The smallest absolute Gasteiger partial charge is 0.254 e. The van der Waals surface area contributed by atoms with E-state index in [-0.39, 0.29) is 24.4 Å². The van der Waals surface area contributed by atoms with Gasteiger partial charge < -0.3 is 28.4 Å². The third kappa shape index (κ3) is 7.34. The fourth-order valence-electron chi connectivity index (χ4n) is 5.11. The number of methoxy groups -OCH3 is 3. The van der Waals surface area contributed by atoms with Crippen LogP contribution >= 0.6 is 0 Å². The second-order valence-corrected chi connectivity index (χ2v) is 9.79. The van der Waals surface area contributed by atoms with Crippen molar-refractivity contribution < 1.29 is 28.2 Å². The third-order valence-corrected chi connectivity index (χ3v) is 7.30. The lowest BCUT2D eigenvalue weighted by Gasteiger charge is -2.35. The molecular weight excluding hydrogens is 496 g/mol. The van der Waals surface area contributed by atoms with Crippen LogP contribution in [-0.2, 0) is 17.8 Å². The molecule has 8 heteroatoms. The van der Waals surface area contributed by atoms with Crippen LogP contribution in [-0.4, -0.2) is 62.1 Å². The lowest BCUT2D eigenvalue weighted by Crippen LogP contribution is -2.48. The fraction of sp³-hybridized carbons (Fsp3) is 0.419. The molecule has 208 valence electrons. The first-order valence-electron chi connectivity index (χ1n) is 13.5. The number of amides is 2. The normalized spacial score (nSPS) is 13.5. The maximum absolute atomic E-state index is 13.8. The van der Waals surface area contributed by atoms with Crippen molar-refractivity contribution in [1.29, 1.82) is 0 Å². The Morgan fingerprint density at radius 2 is 1.69 bits per heavy atom. The van der Waals surface area contributed by atoms with Crippen molar-refractivity contribution in [3.8, 4) is 17.2 Å². The summed E-state index contributed by atoms with van der Waals surface area (Å²) in [6.45, 7) is 0.791. The van der Waals surface area contributed by atoms with Crippen LogP contribution in [0.15, 0.2) is 65.3 Å². The lowest BCUT2D eigenvalue weighted by atomic mass is 9.93. The Morgan fingerprint density at radius 3 is 2.38 bits per heavy atom. The van der Waals surface area contributed by atoms with E-state index in [4.69, 9.17) is 18.6 Å². The molecule has 1 aliphatic rings. The molecule has 0 N–H and O–H groups in total. The minimum atomic E-state index is -0.146. The SMILES string of the molecule is COc1cccc(C(=O)N(CC(=O)N(CCc2ccc(OC)c(OC)c2)Cc2ccco2)C2CCCCC2)c1. The maximum atomic E-state index is 13.8. The molecule has 0 unspecified atom stereocenters. The van der Waals surface area contributed by atoms with Crippen LogP contribution in [0.5, 0.6) is 17.2 Å². The number of hydrogen-bond acceptors (Lipinski definition) is 6. The summed E-state index contributed by atoms with van der Waals surface area (Å²) in [5.74, 6) is 2.35. The number of nitrogens with zero attached hydrogens (tertiary/aromatic N) is 2. The number of furan rings is 1. The number of carbonyl (C=O) groups is 2. The zero-order chi connectivity index (χ0) is 27.6. The highest BCUT2D eigenvalue weighted by Crippen LogP contribution is 2.28. The van der Waals surface area contributed by atoms with E-state index in [1.165, 1.54) is 0 Å². The molecule has 0 radical (unpaired) electrons. The van der Waals surface area contributed by atoms with E-state index in [1.54, 1.807) is 55.6 Å². The van der Waals surface area contributed by atoms with Gasteiger partial charge in [0.2, 0.25) is 5.91 Å². The number of hydrogen-bond donors (Lipinski definition) is 0. The number of ether oxygens (including phenoxy) is 3. The molecule has 1 fully saturated rings. The van der Waals surface area contributed by atoms with Crippen LogP contribution in [0.1, 0.15) is 53.8 Å². The first-order chi connectivity index (χ1) is 19.0. The largest absolute Gasteiger partial charge is 0.497 e. The van der Waals surface area contributed by atoms with Crippen LogP contribution in [0.3, 0.4) is 0 Å². The Balaban J connectivity index is 1.55. The van der Waals surface area contributed by atoms with Gasteiger partial charge in [0.25, 0.3) is 5.91 Å². The van der Waals surface area contributed by atoms with Crippen molar-refractivity contribution in [2.24, 2.45) is 0 Å². The minimum Gasteiger partial charge on any atom is -0.497 e. The van der Waals surface area contributed by atoms with Crippen molar-refractivity contribution in [1.82, 2.24) is 9.80 Å². The summed E-state index contributed by atoms with van der Waals surface area (Å²) in [7, 11) is 4.79. The Labute approximate surface area is 230 Å². The Hall–Kier alpha value is -3.94. The number of carbonyl (C=O) groups excluding carboxylic acids is 2. The highest BCUT2D eigenvalue weighted by molar-refractivity contribution is 5.97. The van der Waals surface area contributed by atoms with Gasteiger partial charge in [0.05, 0.1) is 34.1 Å². The summed E-state index contributed by atoms with van der Waals surface area (Å²) in [6, 6.07) is 16.6. The lowest BCUT2D eigenvalue weighted by molar-refractivity contribution is -0.133. The first kappa shape index (κ1) is 28.1. The molecule has 4 rings (SSSR count). The van der Waals surface area contributed by atoms with Crippen molar-refractivity contribution in [3.05, 3.63) is 77.7 Å². The molecule has 0 aliphatic heterocycles. The summed E-state index contributed by atoms with van der Waals surface area (Å²) >= 11 is 0. The Kier molecular flexibility index (Phi) is 9.89. The standard InChI is InChI=1S/C31H38N2O6/c1-36-26-12-7-9-24(20-26)31(35)33(25-10-5-4-6-11-25)22-30(34)32(21-27-13-8-18-39-27)17-16-23-14-15-28(37-2)29(19-23)38-3/h7-9,12-15,18-20,25H,4-6,10-11,16-17,21-22H2,1-3H3. The zero-order valence-corrected chi connectivity index (χ0v) is 23.1. The monoisotopic (exact) mass is 534 g/mol. The molecule has 1 aliphatic carbocycles. The van der Waals surface area contributed by atoms with Gasteiger partial charge in [-0.2, -0.15) is 0 Å². The van der Waals surface area contributed by atoms with Crippen LogP contribution in [0.4, 0.5) is 0 Å².